The van der Waals surface area contributed by atoms with Crippen molar-refractivity contribution in [1.29, 1.82) is 0 Å². The van der Waals surface area contributed by atoms with Gasteiger partial charge in [0.05, 0.1) is 0 Å². The van der Waals surface area contributed by atoms with E-state index in [-0.39, 0.29) is 6.61 Å². The molecule has 48 valence electrons. The van der Waals surface area contributed by atoms with E-state index in [0.29, 0.717) is 10.5 Å². The summed E-state index contributed by atoms with van der Waals surface area (Å²) in [4.78, 5) is 4.28. The van der Waals surface area contributed by atoms with Gasteiger partial charge in [0.25, 0.3) is 0 Å². The third-order valence-electron chi connectivity index (χ3n) is 0.330. The minimum Gasteiger partial charge on any atom is -0.267 e. The highest BCUT2D eigenvalue weighted by Gasteiger charge is 1.80. The first-order valence-electron chi connectivity index (χ1n) is 2.01. The molecule has 0 radical (unpaired) electrons. The van der Waals surface area contributed by atoms with Crippen molar-refractivity contribution in [3.8, 4) is 0 Å². The second kappa shape index (κ2) is 6.80. The molecule has 0 saturated carbocycles. The lowest BCUT2D eigenvalue weighted by Crippen LogP contribution is -1.95. The Kier molecular flexibility index (Phi) is 6.62. The van der Waals surface area contributed by atoms with Crippen molar-refractivity contribution in [2.75, 3.05) is 6.61 Å². The first-order chi connectivity index (χ1) is 3.91. The van der Waals surface area contributed by atoms with Crippen molar-refractivity contribution in [3.05, 3.63) is 12.7 Å². The monoisotopic (exact) mass is 136 g/mol. The van der Waals surface area contributed by atoms with Crippen LogP contribution in [0.1, 0.15) is 0 Å². The number of rotatable bonds is 5. The topological polar surface area (TPSA) is 36.9 Å². The van der Waals surface area contributed by atoms with Crippen molar-refractivity contribution in [3.63, 3.8) is 0 Å². The van der Waals surface area contributed by atoms with Crippen LogP contribution in [0.15, 0.2) is 12.7 Å². The van der Waals surface area contributed by atoms with E-state index in [4.69, 9.17) is 0 Å². The highest BCUT2D eigenvalue weighted by Crippen LogP contribution is 1.79. The van der Waals surface area contributed by atoms with E-state index in [9.17, 15) is 0 Å². The second-order valence-electron chi connectivity index (χ2n) is 0.876. The molecule has 0 bridgehead atoms. The van der Waals surface area contributed by atoms with Gasteiger partial charge in [0, 0.05) is 0 Å². The van der Waals surface area contributed by atoms with E-state index in [1.165, 1.54) is 6.08 Å². The predicted molar refractivity (Wildman–Crippen MR) is 29.3 cm³/mol. The Balaban J connectivity index is 2.62. The van der Waals surface area contributed by atoms with Crippen LogP contribution in [-0.4, -0.2) is 17.1 Å². The lowest BCUT2D eigenvalue weighted by atomic mass is 10.7. The van der Waals surface area contributed by atoms with Gasteiger partial charge in [-0.3, -0.25) is 4.58 Å². The zero-order valence-electron chi connectivity index (χ0n) is 4.62. The van der Waals surface area contributed by atoms with Gasteiger partial charge in [0.15, 0.2) is 10.5 Å². The molecule has 0 spiro atoms. The zero-order chi connectivity index (χ0) is 6.24. The molecule has 5 heteroatoms. The fraction of sp³-hybridized carbons (Fsp3) is 0.333. The Morgan fingerprint density at radius 1 is 1.50 bits per heavy atom. The fourth-order valence-electron chi connectivity index (χ4n) is 0.123. The Labute approximate surface area is 50.3 Å². The number of hydrogen-bond donors (Lipinski definition) is 0. The molecule has 0 amide bonds. The van der Waals surface area contributed by atoms with Gasteiger partial charge in [-0.1, -0.05) is 6.08 Å². The van der Waals surface area contributed by atoms with Crippen LogP contribution < -0.4 is 0 Å². The summed E-state index contributed by atoms with van der Waals surface area (Å²) in [6, 6.07) is 0. The third-order valence-corrected chi connectivity index (χ3v) is 0.466. The smallest absolute Gasteiger partial charge is 0.197 e. The molecule has 8 heavy (non-hydrogen) atoms. The Morgan fingerprint density at radius 2 is 2.25 bits per heavy atom. The van der Waals surface area contributed by atoms with Crippen molar-refractivity contribution < 1.29 is 19.5 Å². The van der Waals surface area contributed by atoms with Gasteiger partial charge < -0.3 is 0 Å². The summed E-state index contributed by atoms with van der Waals surface area (Å²) in [5.74, 6) is 0. The molecule has 0 N–H and O–H groups in total. The lowest BCUT2D eigenvalue weighted by molar-refractivity contribution is -0.606. The molecule has 0 aliphatic carbocycles. The van der Waals surface area contributed by atoms with Gasteiger partial charge in [-0.05, 0) is 10.1 Å². The summed E-state index contributed by atoms with van der Waals surface area (Å²) in [5, 5.41) is 7.89. The molecular weight excluding hydrogens is 128 g/mol. The quantitative estimate of drug-likeness (QED) is 0.164. The minimum absolute atomic E-state index is 0.283. The van der Waals surface area contributed by atoms with Crippen LogP contribution >= 0.6 is 0 Å². The second-order valence-corrected chi connectivity index (χ2v) is 1.21. The summed E-state index contributed by atoms with van der Waals surface area (Å²) in [6.45, 7) is 3.65. The minimum atomic E-state index is 0.283. The largest absolute Gasteiger partial charge is 0.267 e. The van der Waals surface area contributed by atoms with Gasteiger partial charge in [-0.15, -0.1) is 6.58 Å². The van der Waals surface area contributed by atoms with E-state index in [1.54, 1.807) is 0 Å². The van der Waals surface area contributed by atoms with Gasteiger partial charge in [0.2, 0.25) is 0 Å². The Morgan fingerprint density at radius 3 is 2.75 bits per heavy atom. The summed E-state index contributed by atoms with van der Waals surface area (Å²) < 4.78 is 4.15. The van der Waals surface area contributed by atoms with Crippen molar-refractivity contribution in [1.82, 2.24) is 0 Å². The molecule has 4 nitrogen and oxygen atoms in total. The van der Waals surface area contributed by atoms with Gasteiger partial charge >= 0.3 is 0 Å². The zero-order valence-corrected chi connectivity index (χ0v) is 6.62. The average Bonchev–Trinajstić information content (AvgIpc) is 1.81. The average molecular weight is 136 g/mol. The van der Waals surface area contributed by atoms with Gasteiger partial charge in [0.1, 0.15) is 6.61 Å². The molecule has 0 fully saturated rings. The van der Waals surface area contributed by atoms with E-state index < -0.39 is 0 Å². The maximum Gasteiger partial charge on any atom is 0.197 e. The molecule has 0 aromatic rings. The van der Waals surface area contributed by atoms with Crippen LogP contribution in [0.25, 0.3) is 0 Å². The van der Waals surface area contributed by atoms with Crippen LogP contribution in [0.3, 0.4) is 0 Å². The lowest BCUT2D eigenvalue weighted by Gasteiger charge is -1.94. The van der Waals surface area contributed by atoms with E-state index in [2.05, 4.69) is 26.1 Å². The highest BCUT2D eigenvalue weighted by atomic mass is 28.2. The summed E-state index contributed by atoms with van der Waals surface area (Å²) >= 11 is 0. The van der Waals surface area contributed by atoms with Crippen molar-refractivity contribution in [2.45, 2.75) is 0 Å². The predicted octanol–water partition coefficient (Wildman–Crippen LogP) is -0.736. The molecule has 0 aromatic carbocycles. The molecule has 0 aliphatic heterocycles. The van der Waals surface area contributed by atoms with Crippen LogP contribution in [0.5, 0.6) is 0 Å². The first kappa shape index (κ1) is 7.80. The third kappa shape index (κ3) is 5.80. The maximum atomic E-state index is 4.28. The fourth-order valence-corrected chi connectivity index (χ4v) is 0.179. The van der Waals surface area contributed by atoms with Crippen LogP contribution in [-0.2, 0) is 19.5 Å². The molecule has 0 saturated heterocycles. The molecule has 0 aromatic heterocycles. The number of hydrogen-bond acceptors (Lipinski definition) is 4. The highest BCUT2D eigenvalue weighted by molar-refractivity contribution is 5.97. The van der Waals surface area contributed by atoms with Crippen LogP contribution in [0.4, 0.5) is 0 Å². The van der Waals surface area contributed by atoms with Crippen LogP contribution in [0, 0.1) is 0 Å². The SMILES string of the molecule is C=CCOOOO[SiH3]. The summed E-state index contributed by atoms with van der Waals surface area (Å²) in [6.07, 6.45) is 1.52. The molecule has 0 aliphatic rings. The first-order valence-corrected chi connectivity index (χ1v) is 2.83. The van der Waals surface area contributed by atoms with Crippen molar-refractivity contribution in [2.24, 2.45) is 0 Å². The molecule has 0 heterocycles. The normalized spacial score (nSPS) is 9.50. The van der Waals surface area contributed by atoms with E-state index >= 15 is 0 Å². The molecule has 0 rings (SSSR count). The van der Waals surface area contributed by atoms with Gasteiger partial charge in [-0.2, -0.15) is 4.89 Å². The van der Waals surface area contributed by atoms with E-state index in [1.807, 2.05) is 0 Å². The van der Waals surface area contributed by atoms with E-state index in [0.717, 1.165) is 0 Å². The summed E-state index contributed by atoms with van der Waals surface area (Å²) in [5.41, 5.74) is 0. The standard InChI is InChI=1S/C3H8O4Si/c1-2-3-4-5-6-7-8/h2H,1,3H2,8H3. The van der Waals surface area contributed by atoms with Gasteiger partial charge in [-0.25, -0.2) is 0 Å². The summed E-state index contributed by atoms with van der Waals surface area (Å²) in [7, 11) is 0.454. The Bertz CT molecular complexity index is 57.2. The maximum absolute atomic E-state index is 4.28. The Hall–Kier alpha value is -0.203. The van der Waals surface area contributed by atoms with Crippen LogP contribution in [0.2, 0.25) is 0 Å². The van der Waals surface area contributed by atoms with Crippen molar-refractivity contribution >= 4 is 10.5 Å². The molecule has 0 atom stereocenters. The molecule has 0 unspecified atom stereocenters. The molecular formula is C3H8O4Si.